The topological polar surface area (TPSA) is 39.4 Å². The molecule has 24 aromatic rings. The van der Waals surface area contributed by atoms with Gasteiger partial charge in [-0.05, 0) is 225 Å². The lowest BCUT2D eigenvalue weighted by molar-refractivity contribution is 0.573. The molecule has 0 atom stereocenters. The highest BCUT2D eigenvalue weighted by Gasteiger charge is 2.25. The van der Waals surface area contributed by atoms with E-state index in [1.54, 1.807) is 91.0 Å². The molecule has 0 saturated heterocycles. The molecule has 0 spiro atoms. The van der Waals surface area contributed by atoms with Gasteiger partial charge in [-0.2, -0.15) is 0 Å². The van der Waals surface area contributed by atoms with Crippen molar-refractivity contribution in [2.24, 2.45) is 0 Å². The van der Waals surface area contributed by atoms with Gasteiger partial charge in [0.1, 0.15) is 33.5 Å². The van der Waals surface area contributed by atoms with Gasteiger partial charge in [0.25, 0.3) is 0 Å². The number of rotatable bonds is 9. The first-order chi connectivity index (χ1) is 69.6. The summed E-state index contributed by atoms with van der Waals surface area (Å²) >= 11 is 0. The van der Waals surface area contributed by atoms with Gasteiger partial charge in [0.05, 0.1) is 32.9 Å². The van der Waals surface area contributed by atoms with Crippen LogP contribution in [0.15, 0.2) is 443 Å². The first-order valence-electron chi connectivity index (χ1n) is 51.8. The van der Waals surface area contributed by atoms with Gasteiger partial charge in [0, 0.05) is 37.9 Å². The molecule has 0 amide bonds. The van der Waals surface area contributed by atoms with Crippen LogP contribution in [0.5, 0.6) is 0 Å². The van der Waals surface area contributed by atoms with Gasteiger partial charge in [0.2, 0.25) is 0 Å². The van der Waals surface area contributed by atoms with Gasteiger partial charge in [-0.1, -0.05) is 396 Å². The van der Waals surface area contributed by atoms with E-state index in [-0.39, 0.29) is 143 Å². The number of hydrogen-bond donors (Lipinski definition) is 0. The molecular formula is C118H80O3. The summed E-state index contributed by atoms with van der Waals surface area (Å²) in [6, 6.07) is 81.5. The Balaban J connectivity index is 0.000000124. The highest BCUT2D eigenvalue weighted by Crippen LogP contribution is 2.50. The fourth-order valence-electron chi connectivity index (χ4n) is 17.3. The van der Waals surface area contributed by atoms with Crippen molar-refractivity contribution in [1.29, 1.82) is 0 Å². The highest BCUT2D eigenvalue weighted by molar-refractivity contribution is 6.25. The molecule has 121 heavy (non-hydrogen) atoms. The molecule has 570 valence electrons. The number of para-hydroxylation sites is 2. The van der Waals surface area contributed by atoms with Crippen molar-refractivity contribution in [1.82, 2.24) is 0 Å². The summed E-state index contributed by atoms with van der Waals surface area (Å²) in [5.74, 6) is 0. The van der Waals surface area contributed by atoms with Crippen LogP contribution in [0.1, 0.15) is 59.2 Å². The zero-order chi connectivity index (χ0) is 102. The smallest absolute Gasteiger partial charge is 0.139 e. The molecule has 0 fully saturated rings. The van der Waals surface area contributed by atoms with Gasteiger partial charge in [-0.3, -0.25) is 0 Å². The predicted octanol–water partition coefficient (Wildman–Crippen LogP) is 34.0. The van der Waals surface area contributed by atoms with E-state index in [4.69, 9.17) is 46.1 Å². The van der Waals surface area contributed by atoms with E-state index in [9.17, 15) is 0 Å². The summed E-state index contributed by atoms with van der Waals surface area (Å²) < 4.78 is 231. The molecule has 3 heterocycles. The van der Waals surface area contributed by atoms with Crippen molar-refractivity contribution in [3.8, 4) is 100 Å². The summed E-state index contributed by atoms with van der Waals surface area (Å²) in [5.41, 5.74) is 16.7. The molecule has 3 heteroatoms. The van der Waals surface area contributed by atoms with Crippen molar-refractivity contribution in [3.05, 3.63) is 436 Å². The van der Waals surface area contributed by atoms with Crippen molar-refractivity contribution >= 4 is 130 Å². The molecule has 0 saturated carbocycles. The first-order valence-corrected chi connectivity index (χ1v) is 39.8. The van der Waals surface area contributed by atoms with E-state index in [1.807, 2.05) is 164 Å². The molecule has 3 nitrogen and oxygen atoms in total. The third-order valence-corrected chi connectivity index (χ3v) is 22.9. The average Bonchev–Trinajstić information content (AvgIpc) is 1.65. The lowest BCUT2D eigenvalue weighted by Gasteiger charge is -2.18. The van der Waals surface area contributed by atoms with Crippen LogP contribution in [0, 0.1) is 0 Å². The van der Waals surface area contributed by atoms with Crippen LogP contribution >= 0.6 is 0 Å². The third kappa shape index (κ3) is 12.8. The molecule has 3 aromatic heterocycles. The minimum Gasteiger partial charge on any atom is -0.456 e. The Morgan fingerprint density at radius 2 is 0.397 bits per heavy atom. The zero-order valence-electron chi connectivity index (χ0n) is 89.4. The van der Waals surface area contributed by atoms with E-state index in [1.165, 1.54) is 0 Å². The zero-order valence-corrected chi connectivity index (χ0v) is 65.4. The van der Waals surface area contributed by atoms with E-state index < -0.39 is 72.5 Å². The number of benzene rings is 21. The van der Waals surface area contributed by atoms with Gasteiger partial charge >= 0.3 is 0 Å². The summed E-state index contributed by atoms with van der Waals surface area (Å²) in [6.45, 7) is 6.36. The molecular weight excluding hydrogens is 1470 g/mol. The number of furan rings is 3. The molecule has 0 aliphatic heterocycles. The summed E-state index contributed by atoms with van der Waals surface area (Å²) in [4.78, 5) is 0. The minimum atomic E-state index is -0.426. The molecule has 0 unspecified atom stereocenters. The number of hydrogen-bond acceptors (Lipinski definition) is 3. The lowest BCUT2D eigenvalue weighted by Crippen LogP contribution is -2.10. The lowest BCUT2D eigenvalue weighted by atomic mass is 9.85. The standard InChI is InChI=1S/C44H28O.C38H24O.C36H28O/c1-2-10-32(11-3-1)43-36-13-4-6-15-38(36)44(39-16-7-5-14-37(39)43)33-24-22-30(23-25-33)29-18-20-31(21-19-29)34-26-27-42-40(28-34)35-12-8-9-17-41(35)45-42;1-3-11-25(12-4-1)27-19-21-35-33(23-27)34-24-28(20-22-36(34)39-35)38-31-17-9-7-15-29(31)37(26-13-5-2-6-14-26)30-16-8-10-18-32(30)38;1-36(2,3)31-19-11-18-29-30-22-24(20-21-32(30)37-35(29)31)34-27-16-9-7-14-25(27)33(23-12-5-4-6-13-23)26-15-8-10-17-28(26)34/h1-28H;1-24H;4-22H,1-3H3/i4D,5D,6D,7D,13D,14D,15D,16D;7D,8D,9D,10D,15D,16D,17D,18D;7D,8D,9D,10D,14D,15D,16D,17D. The van der Waals surface area contributed by atoms with Gasteiger partial charge in [0.15, 0.2) is 0 Å². The third-order valence-electron chi connectivity index (χ3n) is 22.9. The Hall–Kier alpha value is -15.4. The maximum atomic E-state index is 9.16. The van der Waals surface area contributed by atoms with E-state index in [2.05, 4.69) is 51.1 Å². The fourth-order valence-corrected chi connectivity index (χ4v) is 17.3. The molecule has 0 radical (unpaired) electrons. The second-order valence-electron chi connectivity index (χ2n) is 30.9. The molecule has 24 rings (SSSR count). The maximum absolute atomic E-state index is 9.16. The quantitative estimate of drug-likeness (QED) is 0.135. The van der Waals surface area contributed by atoms with Crippen molar-refractivity contribution < 1.29 is 46.1 Å². The second kappa shape index (κ2) is 29.9. The van der Waals surface area contributed by atoms with E-state index in [0.717, 1.165) is 88.0 Å². The molecule has 0 aliphatic carbocycles. The summed E-state index contributed by atoms with van der Waals surface area (Å²) in [7, 11) is 0. The van der Waals surface area contributed by atoms with Crippen LogP contribution in [-0.4, -0.2) is 0 Å². The van der Waals surface area contributed by atoms with Crippen LogP contribution in [-0.2, 0) is 5.41 Å². The minimum absolute atomic E-state index is 0.178. The molecule has 0 bridgehead atoms. The summed E-state index contributed by atoms with van der Waals surface area (Å²) in [5, 5.41) is 7.79. The Kier molecular flexibility index (Phi) is 12.6. The van der Waals surface area contributed by atoms with E-state index in [0.29, 0.717) is 83.5 Å². The summed E-state index contributed by atoms with van der Waals surface area (Å²) in [6.07, 6.45) is 0. The Labute approximate surface area is 735 Å². The molecule has 0 N–H and O–H groups in total. The monoisotopic (exact) mass is 1570 g/mol. The normalized spacial score (nSPS) is 14.5. The number of fused-ring (bicyclic) bond motifs is 15. The maximum Gasteiger partial charge on any atom is 0.139 e. The van der Waals surface area contributed by atoms with Crippen LogP contribution in [0.2, 0.25) is 0 Å². The Morgan fingerprint density at radius 1 is 0.174 bits per heavy atom. The highest BCUT2D eigenvalue weighted by atomic mass is 16.3. The largest absolute Gasteiger partial charge is 0.456 e. The van der Waals surface area contributed by atoms with Crippen molar-refractivity contribution in [2.45, 2.75) is 26.2 Å². The van der Waals surface area contributed by atoms with Crippen LogP contribution in [0.3, 0.4) is 0 Å². The predicted molar refractivity (Wildman–Crippen MR) is 514 cm³/mol. The van der Waals surface area contributed by atoms with Gasteiger partial charge in [-0.25, -0.2) is 0 Å². The first kappa shape index (κ1) is 50.9. The van der Waals surface area contributed by atoms with Gasteiger partial charge < -0.3 is 13.3 Å². The van der Waals surface area contributed by atoms with Crippen LogP contribution in [0.4, 0.5) is 0 Å². The van der Waals surface area contributed by atoms with Crippen LogP contribution < -0.4 is 0 Å². The second-order valence-corrected chi connectivity index (χ2v) is 30.9. The van der Waals surface area contributed by atoms with Crippen molar-refractivity contribution in [2.75, 3.05) is 0 Å². The van der Waals surface area contributed by atoms with Crippen LogP contribution in [0.25, 0.3) is 231 Å². The SMILES string of the molecule is [2H]c1c([2H])c([2H])c2c(-c3ccc(-c4ccc(-c5ccc6oc7ccccc7c6c5)cc4)cc3)c3c([2H])c([2H])c([2H])c([2H])c3c(-c3ccccc3)c2c1[2H].[2H]c1c([2H])c([2H])c2c(-c3ccc4oc5c(C(C)(C)C)cccc5c4c3)c3c([2H])c([2H])c([2H])c([2H])c3c(-c3ccccc3)c2c1[2H].[2H]c1c([2H])c([2H])c2c(-c3ccc4oc5ccc(-c6ccccc6)cc5c4c3)c3c([2H])c([2H])c([2H])c([2H])c3c(-c3ccccc3)c2c1[2H]. The van der Waals surface area contributed by atoms with Gasteiger partial charge in [-0.15, -0.1) is 0 Å². The molecule has 0 aliphatic rings. The average molecular weight is 1570 g/mol. The van der Waals surface area contributed by atoms with E-state index >= 15 is 0 Å². The van der Waals surface area contributed by atoms with Crippen molar-refractivity contribution in [3.63, 3.8) is 0 Å². The fraction of sp³-hybridized carbons (Fsp3) is 0.0339. The Bertz CT molecular complexity index is 9440. The Morgan fingerprint density at radius 3 is 0.744 bits per heavy atom. The molecule has 21 aromatic carbocycles.